The van der Waals surface area contributed by atoms with E-state index < -0.39 is 0 Å². The molecule has 2 rings (SSSR count). The monoisotopic (exact) mass is 240 g/mol. The number of hydrogen-bond acceptors (Lipinski definition) is 3. The van der Waals surface area contributed by atoms with Gasteiger partial charge in [0.2, 0.25) is 0 Å². The first kappa shape index (κ1) is 10.8. The van der Waals surface area contributed by atoms with Crippen molar-refractivity contribution < 1.29 is 0 Å². The average Bonchev–Trinajstić information content (AvgIpc) is 2.48. The highest BCUT2D eigenvalue weighted by molar-refractivity contribution is 7.16. The molecule has 0 bridgehead atoms. The molecule has 0 atom stereocenters. The molecule has 0 aromatic carbocycles. The Bertz CT molecular complexity index is 485. The molecule has 2 heterocycles. The Hall–Kier alpha value is -0.670. The largest absolute Gasteiger partial charge is 0.222 e. The van der Waals surface area contributed by atoms with Crippen LogP contribution < -0.4 is 0 Å². The number of hydrogen-bond donors (Lipinski definition) is 0. The van der Waals surface area contributed by atoms with Crippen molar-refractivity contribution in [1.29, 1.82) is 0 Å². The molecule has 4 heteroatoms. The number of aromatic nitrogens is 2. The van der Waals surface area contributed by atoms with Crippen LogP contribution in [0.1, 0.15) is 26.6 Å². The average molecular weight is 241 g/mol. The highest BCUT2D eigenvalue weighted by Crippen LogP contribution is 2.27. The highest BCUT2D eigenvalue weighted by Gasteiger charge is 2.15. The van der Waals surface area contributed by atoms with Crippen molar-refractivity contribution in [1.82, 2.24) is 9.97 Å². The molecule has 2 aromatic rings. The van der Waals surface area contributed by atoms with E-state index >= 15 is 0 Å². The van der Waals surface area contributed by atoms with Crippen LogP contribution in [-0.4, -0.2) is 9.97 Å². The van der Waals surface area contributed by atoms with Crippen molar-refractivity contribution in [2.75, 3.05) is 0 Å². The van der Waals surface area contributed by atoms with Crippen molar-refractivity contribution in [3.8, 4) is 0 Å². The maximum absolute atomic E-state index is 6.09. The van der Waals surface area contributed by atoms with Crippen LogP contribution in [-0.2, 0) is 6.42 Å². The van der Waals surface area contributed by atoms with Gasteiger partial charge in [0.15, 0.2) is 0 Å². The molecule has 2 aromatic heterocycles. The number of nitrogens with zero attached hydrogens (tertiary/aromatic N) is 2. The van der Waals surface area contributed by atoms with Gasteiger partial charge in [-0.2, -0.15) is 0 Å². The van der Waals surface area contributed by atoms with Gasteiger partial charge in [0.05, 0.1) is 0 Å². The molecule has 0 N–H and O–H groups in total. The Kier molecular flexibility index (Phi) is 2.69. The van der Waals surface area contributed by atoms with Crippen LogP contribution in [0, 0.1) is 5.41 Å². The zero-order chi connectivity index (χ0) is 11.1. The zero-order valence-electron chi connectivity index (χ0n) is 9.04. The summed E-state index contributed by atoms with van der Waals surface area (Å²) in [5.41, 5.74) is 0.189. The Morgan fingerprint density at radius 3 is 2.73 bits per heavy atom. The van der Waals surface area contributed by atoms with E-state index in [9.17, 15) is 0 Å². The predicted molar refractivity (Wildman–Crippen MR) is 65.6 cm³/mol. The molecule has 80 valence electrons. The van der Waals surface area contributed by atoms with Crippen LogP contribution in [0.5, 0.6) is 0 Å². The number of fused-ring (bicyclic) bond motifs is 1. The van der Waals surface area contributed by atoms with Gasteiger partial charge >= 0.3 is 0 Å². The van der Waals surface area contributed by atoms with E-state index in [2.05, 4.69) is 30.7 Å². The molecule has 0 amide bonds. The number of thiophene rings is 1. The molecule has 0 radical (unpaired) electrons. The van der Waals surface area contributed by atoms with Gasteiger partial charge in [0.25, 0.3) is 0 Å². The quantitative estimate of drug-likeness (QED) is 0.706. The second-order valence-corrected chi connectivity index (χ2v) is 6.06. The van der Waals surface area contributed by atoms with Crippen LogP contribution in [0.2, 0.25) is 5.15 Å². The molecule has 0 saturated carbocycles. The normalized spacial score (nSPS) is 12.3. The van der Waals surface area contributed by atoms with E-state index in [1.807, 2.05) is 11.4 Å². The smallest absolute Gasteiger partial charge is 0.141 e. The lowest BCUT2D eigenvalue weighted by atomic mass is 9.92. The summed E-state index contributed by atoms with van der Waals surface area (Å²) in [6.07, 6.45) is 0.848. The van der Waals surface area contributed by atoms with Gasteiger partial charge in [-0.1, -0.05) is 32.4 Å². The summed E-state index contributed by atoms with van der Waals surface area (Å²) in [6, 6.07) is 1.96. The van der Waals surface area contributed by atoms with E-state index in [0.29, 0.717) is 5.15 Å². The zero-order valence-corrected chi connectivity index (χ0v) is 10.6. The molecule has 0 unspecified atom stereocenters. The summed E-state index contributed by atoms with van der Waals surface area (Å²) in [5, 5.41) is 3.52. The molecule has 0 aliphatic rings. The van der Waals surface area contributed by atoms with E-state index in [1.54, 1.807) is 11.3 Å². The van der Waals surface area contributed by atoms with Gasteiger partial charge in [-0.05, 0) is 16.9 Å². The van der Waals surface area contributed by atoms with Crippen molar-refractivity contribution >= 4 is 33.2 Å². The van der Waals surface area contributed by atoms with Crippen molar-refractivity contribution in [2.45, 2.75) is 27.2 Å². The lowest BCUT2D eigenvalue weighted by Gasteiger charge is -2.16. The molecule has 0 aliphatic carbocycles. The van der Waals surface area contributed by atoms with Crippen LogP contribution >= 0.6 is 22.9 Å². The first-order valence-corrected chi connectivity index (χ1v) is 6.11. The van der Waals surface area contributed by atoms with Crippen molar-refractivity contribution in [3.05, 3.63) is 22.4 Å². The molecule has 0 fully saturated rings. The summed E-state index contributed by atoms with van der Waals surface area (Å²) in [7, 11) is 0. The fraction of sp³-hybridized carbons (Fsp3) is 0.455. The van der Waals surface area contributed by atoms with Crippen molar-refractivity contribution in [3.63, 3.8) is 0 Å². The van der Waals surface area contributed by atoms with Crippen LogP contribution in [0.4, 0.5) is 0 Å². The minimum absolute atomic E-state index is 0.189. The first-order chi connectivity index (χ1) is 6.96. The van der Waals surface area contributed by atoms with E-state index in [4.69, 9.17) is 11.6 Å². The molecular weight excluding hydrogens is 228 g/mol. The third-order valence-electron chi connectivity index (χ3n) is 2.01. The molecule has 2 nitrogen and oxygen atoms in total. The van der Waals surface area contributed by atoms with Gasteiger partial charge < -0.3 is 0 Å². The summed E-state index contributed by atoms with van der Waals surface area (Å²) in [4.78, 5) is 9.81. The van der Waals surface area contributed by atoms with Crippen LogP contribution in [0.25, 0.3) is 10.2 Å². The Labute approximate surface area is 98.3 Å². The standard InChI is InChI=1S/C11H13ClN2S/c1-11(2,3)6-8-13-9(12)7-4-5-15-10(7)14-8/h4-5H,6H2,1-3H3. The second kappa shape index (κ2) is 3.72. The molecule has 0 spiro atoms. The third-order valence-corrected chi connectivity index (χ3v) is 3.11. The Balaban J connectivity index is 2.45. The van der Waals surface area contributed by atoms with E-state index in [0.717, 1.165) is 22.5 Å². The second-order valence-electron chi connectivity index (χ2n) is 4.81. The van der Waals surface area contributed by atoms with Gasteiger partial charge in [-0.25, -0.2) is 9.97 Å². The topological polar surface area (TPSA) is 25.8 Å². The minimum Gasteiger partial charge on any atom is -0.222 e. The first-order valence-electron chi connectivity index (χ1n) is 4.85. The minimum atomic E-state index is 0.189. The van der Waals surface area contributed by atoms with Gasteiger partial charge in [-0.15, -0.1) is 11.3 Å². The van der Waals surface area contributed by atoms with Crippen LogP contribution in [0.15, 0.2) is 11.4 Å². The Morgan fingerprint density at radius 2 is 2.07 bits per heavy atom. The van der Waals surface area contributed by atoms with Gasteiger partial charge in [-0.3, -0.25) is 0 Å². The van der Waals surface area contributed by atoms with Gasteiger partial charge in [0.1, 0.15) is 15.8 Å². The summed E-state index contributed by atoms with van der Waals surface area (Å²) in [5.74, 6) is 0.836. The summed E-state index contributed by atoms with van der Waals surface area (Å²) in [6.45, 7) is 6.51. The maximum Gasteiger partial charge on any atom is 0.141 e. The summed E-state index contributed by atoms with van der Waals surface area (Å²) < 4.78 is 0. The lowest BCUT2D eigenvalue weighted by molar-refractivity contribution is 0.401. The predicted octanol–water partition coefficient (Wildman–Crippen LogP) is 3.93. The molecule has 0 aliphatic heterocycles. The van der Waals surface area contributed by atoms with E-state index in [-0.39, 0.29) is 5.41 Å². The van der Waals surface area contributed by atoms with Crippen LogP contribution in [0.3, 0.4) is 0 Å². The van der Waals surface area contributed by atoms with Crippen molar-refractivity contribution in [2.24, 2.45) is 5.41 Å². The Morgan fingerprint density at radius 1 is 1.33 bits per heavy atom. The maximum atomic E-state index is 6.09. The SMILES string of the molecule is CC(C)(C)Cc1nc(Cl)c2ccsc2n1. The number of rotatable bonds is 1. The fourth-order valence-electron chi connectivity index (χ4n) is 1.41. The molecular formula is C11H13ClN2S. The number of halogens is 1. The highest BCUT2D eigenvalue weighted by atomic mass is 35.5. The summed E-state index contributed by atoms with van der Waals surface area (Å²) >= 11 is 7.69. The van der Waals surface area contributed by atoms with Gasteiger partial charge in [0, 0.05) is 11.8 Å². The lowest BCUT2D eigenvalue weighted by Crippen LogP contribution is -2.11. The van der Waals surface area contributed by atoms with E-state index in [1.165, 1.54) is 0 Å². The molecule has 0 saturated heterocycles. The third kappa shape index (κ3) is 2.47. The molecule has 15 heavy (non-hydrogen) atoms. The fourth-order valence-corrected chi connectivity index (χ4v) is 2.50.